The van der Waals surface area contributed by atoms with Crippen molar-refractivity contribution in [2.75, 3.05) is 13.1 Å². The number of likely N-dealkylation sites (tertiary alicyclic amines) is 1. The lowest BCUT2D eigenvalue weighted by Gasteiger charge is -2.15. The maximum Gasteiger partial charge on any atom is 0.104 e. The van der Waals surface area contributed by atoms with Gasteiger partial charge in [-0.2, -0.15) is 11.3 Å². The Morgan fingerprint density at radius 1 is 1.15 bits per heavy atom. The summed E-state index contributed by atoms with van der Waals surface area (Å²) >= 11 is 1.82. The average molecular weight is 196 g/mol. The second-order valence-corrected chi connectivity index (χ2v) is 4.75. The number of hydrogen-bond acceptors (Lipinski definition) is 1. The molecule has 0 unspecified atom stereocenters. The van der Waals surface area contributed by atoms with Crippen molar-refractivity contribution in [2.24, 2.45) is 0 Å². The van der Waals surface area contributed by atoms with Crippen molar-refractivity contribution < 1.29 is 4.90 Å². The number of rotatable bonds is 2. The SMILES string of the molecule is c1cc(C[NH+]2CCCCCC2)cs1. The van der Waals surface area contributed by atoms with E-state index in [1.807, 2.05) is 11.3 Å². The number of nitrogens with one attached hydrogen (secondary N) is 1. The Hall–Kier alpha value is -0.340. The maximum absolute atomic E-state index is 2.29. The van der Waals surface area contributed by atoms with Crippen molar-refractivity contribution in [3.63, 3.8) is 0 Å². The van der Waals surface area contributed by atoms with Crippen molar-refractivity contribution in [1.29, 1.82) is 0 Å². The van der Waals surface area contributed by atoms with Crippen LogP contribution in [0, 0.1) is 0 Å². The third kappa shape index (κ3) is 2.82. The standard InChI is InChI=1S/C11H17NS/c1-2-4-7-12(6-3-1)9-11-5-8-13-10-11/h5,8,10H,1-4,6-7,9H2/p+1. The first kappa shape index (κ1) is 9.22. The Morgan fingerprint density at radius 2 is 1.92 bits per heavy atom. The van der Waals surface area contributed by atoms with E-state index in [2.05, 4.69) is 16.8 Å². The van der Waals surface area contributed by atoms with Gasteiger partial charge >= 0.3 is 0 Å². The van der Waals surface area contributed by atoms with Crippen LogP contribution >= 0.6 is 11.3 Å². The summed E-state index contributed by atoms with van der Waals surface area (Å²) in [4.78, 5) is 1.79. The van der Waals surface area contributed by atoms with Crippen LogP contribution in [0.1, 0.15) is 31.2 Å². The smallest absolute Gasteiger partial charge is 0.104 e. The molecule has 2 heterocycles. The molecule has 0 radical (unpaired) electrons. The van der Waals surface area contributed by atoms with Gasteiger partial charge in [0.1, 0.15) is 6.54 Å². The highest BCUT2D eigenvalue weighted by molar-refractivity contribution is 7.07. The van der Waals surface area contributed by atoms with Gasteiger partial charge in [-0.15, -0.1) is 0 Å². The van der Waals surface area contributed by atoms with Crippen LogP contribution in [-0.2, 0) is 6.54 Å². The van der Waals surface area contributed by atoms with Gasteiger partial charge in [-0.3, -0.25) is 0 Å². The molecule has 1 N–H and O–H groups in total. The molecule has 0 aromatic carbocycles. The van der Waals surface area contributed by atoms with Crippen molar-refractivity contribution in [3.8, 4) is 0 Å². The molecule has 0 saturated carbocycles. The summed E-state index contributed by atoms with van der Waals surface area (Å²) in [5.74, 6) is 0. The first-order valence-corrected chi connectivity index (χ1v) is 6.24. The van der Waals surface area contributed by atoms with Gasteiger partial charge in [0.25, 0.3) is 0 Å². The molecule has 13 heavy (non-hydrogen) atoms. The molecule has 0 aliphatic carbocycles. The molecule has 0 bridgehead atoms. The van der Waals surface area contributed by atoms with Gasteiger partial charge in [0, 0.05) is 5.56 Å². The van der Waals surface area contributed by atoms with Crippen LogP contribution in [0.5, 0.6) is 0 Å². The van der Waals surface area contributed by atoms with Gasteiger partial charge in [0.2, 0.25) is 0 Å². The number of hydrogen-bond donors (Lipinski definition) is 1. The van der Waals surface area contributed by atoms with Gasteiger partial charge in [-0.1, -0.05) is 0 Å². The monoisotopic (exact) mass is 196 g/mol. The van der Waals surface area contributed by atoms with E-state index in [1.54, 1.807) is 4.90 Å². The molecule has 0 spiro atoms. The van der Waals surface area contributed by atoms with Crippen molar-refractivity contribution in [2.45, 2.75) is 32.2 Å². The molecule has 1 aromatic heterocycles. The molecule has 1 aliphatic rings. The summed E-state index contributed by atoms with van der Waals surface area (Å²) in [5, 5.41) is 4.48. The molecular weight excluding hydrogens is 178 g/mol. The zero-order chi connectivity index (χ0) is 8.93. The van der Waals surface area contributed by atoms with Crippen LogP contribution in [0.2, 0.25) is 0 Å². The Labute approximate surface area is 84.4 Å². The van der Waals surface area contributed by atoms with Gasteiger partial charge in [-0.25, -0.2) is 0 Å². The van der Waals surface area contributed by atoms with Crippen molar-refractivity contribution in [3.05, 3.63) is 22.4 Å². The topological polar surface area (TPSA) is 4.44 Å². The third-order valence-corrected chi connectivity index (χ3v) is 3.58. The van der Waals surface area contributed by atoms with E-state index in [1.165, 1.54) is 50.9 Å². The van der Waals surface area contributed by atoms with Crippen LogP contribution in [-0.4, -0.2) is 13.1 Å². The molecule has 2 heteroatoms. The minimum Gasteiger partial charge on any atom is -0.331 e. The highest BCUT2D eigenvalue weighted by Crippen LogP contribution is 2.05. The van der Waals surface area contributed by atoms with E-state index in [0.29, 0.717) is 0 Å². The third-order valence-electron chi connectivity index (χ3n) is 2.84. The zero-order valence-electron chi connectivity index (χ0n) is 8.09. The molecule has 0 atom stereocenters. The van der Waals surface area contributed by atoms with E-state index in [-0.39, 0.29) is 0 Å². The fourth-order valence-electron chi connectivity index (χ4n) is 2.09. The lowest BCUT2D eigenvalue weighted by molar-refractivity contribution is -0.913. The van der Waals surface area contributed by atoms with E-state index in [9.17, 15) is 0 Å². The van der Waals surface area contributed by atoms with Crippen LogP contribution in [0.15, 0.2) is 16.8 Å². The molecule has 0 amide bonds. The predicted molar refractivity (Wildman–Crippen MR) is 57.2 cm³/mol. The molecule has 1 fully saturated rings. The highest BCUT2D eigenvalue weighted by Gasteiger charge is 2.12. The van der Waals surface area contributed by atoms with Crippen LogP contribution in [0.3, 0.4) is 0 Å². The van der Waals surface area contributed by atoms with Crippen LogP contribution in [0.4, 0.5) is 0 Å². The van der Waals surface area contributed by atoms with Gasteiger partial charge in [0.15, 0.2) is 0 Å². The average Bonchev–Trinajstić information content (AvgIpc) is 2.49. The normalized spacial score (nSPS) is 20.0. The van der Waals surface area contributed by atoms with E-state index in [0.717, 1.165) is 0 Å². The van der Waals surface area contributed by atoms with E-state index in [4.69, 9.17) is 0 Å². The molecule has 1 nitrogen and oxygen atoms in total. The van der Waals surface area contributed by atoms with Gasteiger partial charge in [0.05, 0.1) is 13.1 Å². The minimum absolute atomic E-state index is 1.25. The zero-order valence-corrected chi connectivity index (χ0v) is 8.91. The highest BCUT2D eigenvalue weighted by atomic mass is 32.1. The lowest BCUT2D eigenvalue weighted by atomic mass is 10.2. The molecule has 1 saturated heterocycles. The Bertz CT molecular complexity index is 222. The fraction of sp³-hybridized carbons (Fsp3) is 0.636. The van der Waals surface area contributed by atoms with Crippen LogP contribution in [0.25, 0.3) is 0 Å². The van der Waals surface area contributed by atoms with Crippen LogP contribution < -0.4 is 4.90 Å². The summed E-state index contributed by atoms with van der Waals surface area (Å²) in [6.07, 6.45) is 5.76. The first-order chi connectivity index (χ1) is 6.45. The minimum atomic E-state index is 1.25. The second-order valence-electron chi connectivity index (χ2n) is 3.97. The lowest BCUT2D eigenvalue weighted by Crippen LogP contribution is -3.10. The van der Waals surface area contributed by atoms with E-state index >= 15 is 0 Å². The summed E-state index contributed by atoms with van der Waals surface area (Å²) in [5.41, 5.74) is 1.53. The summed E-state index contributed by atoms with van der Waals surface area (Å²) in [6, 6.07) is 2.27. The predicted octanol–water partition coefficient (Wildman–Crippen LogP) is 1.71. The van der Waals surface area contributed by atoms with Crippen molar-refractivity contribution in [1.82, 2.24) is 0 Å². The molecule has 2 rings (SSSR count). The quantitative estimate of drug-likeness (QED) is 0.734. The summed E-state index contributed by atoms with van der Waals surface area (Å²) in [7, 11) is 0. The second kappa shape index (κ2) is 4.77. The Morgan fingerprint density at radius 3 is 2.54 bits per heavy atom. The summed E-state index contributed by atoms with van der Waals surface area (Å²) < 4.78 is 0. The van der Waals surface area contributed by atoms with Gasteiger partial charge in [-0.05, 0) is 42.5 Å². The van der Waals surface area contributed by atoms with E-state index < -0.39 is 0 Å². The largest absolute Gasteiger partial charge is 0.331 e. The van der Waals surface area contributed by atoms with Gasteiger partial charge < -0.3 is 4.90 Å². The Kier molecular flexibility index (Phi) is 3.39. The first-order valence-electron chi connectivity index (χ1n) is 5.30. The molecule has 1 aromatic rings. The fourth-order valence-corrected chi connectivity index (χ4v) is 2.76. The summed E-state index contributed by atoms with van der Waals surface area (Å²) in [6.45, 7) is 4.02. The molecule has 72 valence electrons. The number of quaternary nitrogens is 1. The molecular formula is C11H18NS+. The maximum atomic E-state index is 2.29. The van der Waals surface area contributed by atoms with Crippen molar-refractivity contribution >= 4 is 11.3 Å². The Balaban J connectivity index is 1.86. The molecule has 1 aliphatic heterocycles. The number of thiophene rings is 1.